The molecule has 3 fully saturated rings. The number of fused-ring (bicyclic) bond motifs is 1. The van der Waals surface area contributed by atoms with Crippen molar-refractivity contribution in [2.75, 3.05) is 0 Å². The molecule has 1 aromatic carbocycles. The molecule has 6 unspecified atom stereocenters. The van der Waals surface area contributed by atoms with Crippen molar-refractivity contribution in [1.29, 1.82) is 0 Å². The van der Waals surface area contributed by atoms with Gasteiger partial charge in [-0.3, -0.25) is 9.59 Å². The molecule has 6 atom stereocenters. The van der Waals surface area contributed by atoms with Crippen molar-refractivity contribution in [2.45, 2.75) is 82.8 Å². The number of halogens is 1. The smallest absolute Gasteiger partial charge is 0.327 e. The van der Waals surface area contributed by atoms with Crippen molar-refractivity contribution in [1.82, 2.24) is 0 Å². The van der Waals surface area contributed by atoms with Crippen LogP contribution in [-0.2, 0) is 24.5 Å². The molecule has 3 aliphatic rings. The van der Waals surface area contributed by atoms with E-state index in [4.69, 9.17) is 21.1 Å². The predicted octanol–water partition coefficient (Wildman–Crippen LogP) is 5.26. The van der Waals surface area contributed by atoms with Crippen LogP contribution in [0.5, 0.6) is 0 Å². The Morgan fingerprint density at radius 3 is 2.38 bits per heavy atom. The van der Waals surface area contributed by atoms with Gasteiger partial charge in [-0.05, 0) is 43.6 Å². The van der Waals surface area contributed by atoms with Gasteiger partial charge < -0.3 is 9.47 Å². The summed E-state index contributed by atoms with van der Waals surface area (Å²) >= 11 is 6.10. The molecule has 1 aliphatic heterocycles. The van der Waals surface area contributed by atoms with Crippen molar-refractivity contribution < 1.29 is 19.1 Å². The van der Waals surface area contributed by atoms with Crippen LogP contribution in [0.25, 0.3) is 0 Å². The van der Waals surface area contributed by atoms with Crippen molar-refractivity contribution in [3.63, 3.8) is 0 Å². The minimum Gasteiger partial charge on any atom is -0.458 e. The number of carbonyl (C=O) groups excluding carboxylic acids is 2. The monoisotopic (exact) mass is 420 g/mol. The number of esters is 2. The zero-order valence-electron chi connectivity index (χ0n) is 18.1. The first kappa shape index (κ1) is 22.1. The third-order valence-corrected chi connectivity index (χ3v) is 7.61. The summed E-state index contributed by atoms with van der Waals surface area (Å²) in [7, 11) is 0. The molecule has 5 heteroatoms. The molecule has 2 saturated carbocycles. The zero-order chi connectivity index (χ0) is 21.4. The molecule has 2 aliphatic carbocycles. The summed E-state index contributed by atoms with van der Waals surface area (Å²) < 4.78 is 10.9. The first-order valence-corrected chi connectivity index (χ1v) is 11.1. The third-order valence-electron chi connectivity index (χ3n) is 7.19. The maximum absolute atomic E-state index is 12.0. The van der Waals surface area contributed by atoms with E-state index in [-0.39, 0.29) is 35.9 Å². The van der Waals surface area contributed by atoms with Gasteiger partial charge in [0.1, 0.15) is 17.1 Å². The Hall–Kier alpha value is -1.55. The molecule has 1 saturated heterocycles. The highest BCUT2D eigenvalue weighted by molar-refractivity contribution is 6.33. The van der Waals surface area contributed by atoms with Gasteiger partial charge in [-0.2, -0.15) is 0 Å². The molecule has 29 heavy (non-hydrogen) atoms. The van der Waals surface area contributed by atoms with E-state index < -0.39 is 10.8 Å². The minimum atomic E-state index is -0.982. The minimum absolute atomic E-state index is 0.0449. The van der Waals surface area contributed by atoms with Crippen LogP contribution in [-0.4, -0.2) is 29.0 Å². The summed E-state index contributed by atoms with van der Waals surface area (Å²) in [5.41, 5.74) is 1.77. The van der Waals surface area contributed by atoms with E-state index in [2.05, 4.69) is 51.1 Å². The Bertz CT molecular complexity index is 743. The van der Waals surface area contributed by atoms with Gasteiger partial charge in [0.2, 0.25) is 0 Å². The fourth-order valence-corrected chi connectivity index (χ4v) is 4.59. The summed E-state index contributed by atoms with van der Waals surface area (Å²) in [6, 6.07) is 10.7. The topological polar surface area (TPSA) is 52.6 Å². The van der Waals surface area contributed by atoms with Crippen LogP contribution in [0, 0.1) is 17.8 Å². The lowest BCUT2D eigenvalue weighted by Gasteiger charge is -2.28. The molecule has 0 aromatic heterocycles. The largest absolute Gasteiger partial charge is 0.458 e. The molecule has 0 radical (unpaired) electrons. The Labute approximate surface area is 179 Å². The normalized spacial score (nSPS) is 31.5. The standard InChI is InChI=1S/C13H17ClO4.C11H16/c1-3-13(2,14)12(16)18-9-6-4-7-8(5-6)11(15)17-10(7)9;1-4-11(2,3)10-8-6-5-7-9-10/h6-10H,3-5H2,1-2H3;5-9H,4H2,1-3H3. The number of carbonyl (C=O) groups is 2. The van der Waals surface area contributed by atoms with E-state index in [1.54, 1.807) is 6.92 Å². The van der Waals surface area contributed by atoms with Crippen molar-refractivity contribution in [3.8, 4) is 0 Å². The second-order valence-electron chi connectivity index (χ2n) is 9.43. The zero-order valence-corrected chi connectivity index (χ0v) is 18.9. The number of hydrogen-bond acceptors (Lipinski definition) is 4. The third kappa shape index (κ3) is 4.33. The lowest BCUT2D eigenvalue weighted by molar-refractivity contribution is -0.164. The Morgan fingerprint density at radius 1 is 1.14 bits per heavy atom. The van der Waals surface area contributed by atoms with Gasteiger partial charge in [0.05, 0.1) is 5.92 Å². The van der Waals surface area contributed by atoms with Gasteiger partial charge in [-0.1, -0.05) is 58.0 Å². The molecule has 4 rings (SSSR count). The Balaban J connectivity index is 0.000000188. The van der Waals surface area contributed by atoms with Crippen LogP contribution in [0.4, 0.5) is 0 Å². The van der Waals surface area contributed by atoms with E-state index in [1.165, 1.54) is 12.0 Å². The van der Waals surface area contributed by atoms with Crippen LogP contribution < -0.4 is 0 Å². The predicted molar refractivity (Wildman–Crippen MR) is 114 cm³/mol. The fourth-order valence-electron chi connectivity index (χ4n) is 4.55. The van der Waals surface area contributed by atoms with E-state index in [0.29, 0.717) is 11.8 Å². The van der Waals surface area contributed by atoms with E-state index in [0.717, 1.165) is 12.8 Å². The molecule has 2 bridgehead atoms. The summed E-state index contributed by atoms with van der Waals surface area (Å²) in [6.45, 7) is 10.3. The molecule has 0 amide bonds. The van der Waals surface area contributed by atoms with Crippen LogP contribution in [0.15, 0.2) is 30.3 Å². The fraction of sp³-hybridized carbons (Fsp3) is 0.667. The molecule has 0 N–H and O–H groups in total. The van der Waals surface area contributed by atoms with Crippen molar-refractivity contribution in [3.05, 3.63) is 35.9 Å². The molecule has 160 valence electrons. The molecule has 4 nitrogen and oxygen atoms in total. The van der Waals surface area contributed by atoms with Crippen molar-refractivity contribution >= 4 is 23.5 Å². The summed E-state index contributed by atoms with van der Waals surface area (Å²) in [4.78, 5) is 22.6. The summed E-state index contributed by atoms with van der Waals surface area (Å²) in [5.74, 6) is 0.0515. The van der Waals surface area contributed by atoms with Crippen LogP contribution in [0.2, 0.25) is 0 Å². The number of rotatable bonds is 5. The van der Waals surface area contributed by atoms with Gasteiger partial charge >= 0.3 is 11.9 Å². The lowest BCUT2D eigenvalue weighted by Crippen LogP contribution is -2.41. The average Bonchev–Trinajstić information content (AvgIpc) is 3.34. The number of ether oxygens (including phenoxy) is 2. The first-order chi connectivity index (χ1) is 13.6. The summed E-state index contributed by atoms with van der Waals surface area (Å²) in [6.07, 6.45) is 2.93. The van der Waals surface area contributed by atoms with Crippen LogP contribution in [0.1, 0.15) is 65.9 Å². The SMILES string of the molecule is CCC(C)(C)c1ccccc1.CCC(C)(Cl)C(=O)OC1C2CC3C(=O)OC1C3C2. The van der Waals surface area contributed by atoms with Gasteiger partial charge in [0.25, 0.3) is 0 Å². The lowest BCUT2D eigenvalue weighted by atomic mass is 9.82. The number of hydrogen-bond donors (Lipinski definition) is 0. The highest BCUT2D eigenvalue weighted by Gasteiger charge is 2.63. The molecule has 1 heterocycles. The van der Waals surface area contributed by atoms with Crippen LogP contribution >= 0.6 is 11.6 Å². The molecule has 0 spiro atoms. The molecular weight excluding hydrogens is 388 g/mol. The van der Waals surface area contributed by atoms with E-state index in [9.17, 15) is 9.59 Å². The molecular formula is C24H33ClO4. The van der Waals surface area contributed by atoms with Gasteiger partial charge in [-0.25, -0.2) is 0 Å². The highest BCUT2D eigenvalue weighted by atomic mass is 35.5. The highest BCUT2D eigenvalue weighted by Crippen LogP contribution is 2.55. The molecule has 1 aromatic rings. The second kappa shape index (κ2) is 8.29. The van der Waals surface area contributed by atoms with E-state index in [1.807, 2.05) is 6.92 Å². The maximum atomic E-state index is 12.0. The van der Waals surface area contributed by atoms with E-state index >= 15 is 0 Å². The number of benzene rings is 1. The number of alkyl halides is 1. The van der Waals surface area contributed by atoms with Crippen molar-refractivity contribution in [2.24, 2.45) is 17.8 Å². The first-order valence-electron chi connectivity index (χ1n) is 10.8. The van der Waals surface area contributed by atoms with Gasteiger partial charge in [0, 0.05) is 11.8 Å². The van der Waals surface area contributed by atoms with Crippen LogP contribution in [0.3, 0.4) is 0 Å². The Morgan fingerprint density at radius 2 is 1.79 bits per heavy atom. The maximum Gasteiger partial charge on any atom is 0.327 e. The Kier molecular flexibility index (Phi) is 6.33. The van der Waals surface area contributed by atoms with Gasteiger partial charge in [0.15, 0.2) is 0 Å². The second-order valence-corrected chi connectivity index (χ2v) is 10.3. The van der Waals surface area contributed by atoms with Gasteiger partial charge in [-0.15, -0.1) is 11.6 Å². The quantitative estimate of drug-likeness (QED) is 0.481. The average molecular weight is 421 g/mol. The summed E-state index contributed by atoms with van der Waals surface area (Å²) in [5, 5.41) is 0.